The Hall–Kier alpha value is -0.610. The number of hydrogen-bond acceptors (Lipinski definition) is 4. The molecule has 0 radical (unpaired) electrons. The molecule has 1 rings (SSSR count). The number of methoxy groups -OCH3 is 1. The minimum absolute atomic E-state index is 0.322. The van der Waals surface area contributed by atoms with Gasteiger partial charge in [0, 0.05) is 6.54 Å². The second kappa shape index (κ2) is 7.10. The first-order valence-corrected chi connectivity index (χ1v) is 7.09. The lowest BCUT2D eigenvalue weighted by atomic mass is 9.96. The van der Waals surface area contributed by atoms with E-state index >= 15 is 0 Å². The van der Waals surface area contributed by atoms with E-state index in [1.165, 1.54) is 39.2 Å². The summed E-state index contributed by atoms with van der Waals surface area (Å²) in [5.74, 6) is 0.527. The molecular weight excluding hydrogens is 228 g/mol. The number of likely N-dealkylation sites (tertiary alicyclic amines) is 1. The van der Waals surface area contributed by atoms with Crippen molar-refractivity contribution >= 4 is 5.97 Å². The number of rotatable bonds is 5. The maximum absolute atomic E-state index is 11.6. The van der Waals surface area contributed by atoms with E-state index in [4.69, 9.17) is 10.5 Å². The summed E-state index contributed by atoms with van der Waals surface area (Å²) in [6, 6.07) is 0. The van der Waals surface area contributed by atoms with Gasteiger partial charge in [-0.1, -0.05) is 19.8 Å². The lowest BCUT2D eigenvalue weighted by Gasteiger charge is -2.29. The Labute approximate surface area is 111 Å². The molecule has 0 aromatic rings. The molecule has 18 heavy (non-hydrogen) atoms. The highest BCUT2D eigenvalue weighted by molar-refractivity contribution is 5.80. The first kappa shape index (κ1) is 15.4. The normalized spacial score (nSPS) is 25.2. The highest BCUT2D eigenvalue weighted by Crippen LogP contribution is 2.22. The van der Waals surface area contributed by atoms with E-state index < -0.39 is 5.54 Å². The summed E-state index contributed by atoms with van der Waals surface area (Å²) in [6.07, 6.45) is 6.34. The number of nitrogens with two attached hydrogens (primary N) is 1. The lowest BCUT2D eigenvalue weighted by molar-refractivity contribution is -0.147. The van der Waals surface area contributed by atoms with Gasteiger partial charge in [-0.15, -0.1) is 0 Å². The van der Waals surface area contributed by atoms with Crippen molar-refractivity contribution in [2.45, 2.75) is 51.5 Å². The number of carbonyl (C=O) groups is 1. The standard InChI is InChI=1S/C14H28N2O2/c1-4-6-12-7-5-9-16(10-8-12)11-14(2,15)13(17)18-3/h12H,4-11,15H2,1-3H3. The van der Waals surface area contributed by atoms with Gasteiger partial charge < -0.3 is 15.4 Å². The summed E-state index contributed by atoms with van der Waals surface area (Å²) in [6.45, 7) is 6.70. The van der Waals surface area contributed by atoms with Crippen LogP contribution in [0.15, 0.2) is 0 Å². The molecule has 2 N–H and O–H groups in total. The van der Waals surface area contributed by atoms with Crippen LogP contribution in [0, 0.1) is 5.92 Å². The van der Waals surface area contributed by atoms with Gasteiger partial charge in [-0.05, 0) is 45.2 Å². The van der Waals surface area contributed by atoms with Gasteiger partial charge >= 0.3 is 5.97 Å². The molecule has 1 heterocycles. The van der Waals surface area contributed by atoms with Gasteiger partial charge in [0.1, 0.15) is 5.54 Å². The Kier molecular flexibility index (Phi) is 6.09. The van der Waals surface area contributed by atoms with E-state index in [1.807, 2.05) is 0 Å². The second-order valence-electron chi connectivity index (χ2n) is 5.77. The van der Waals surface area contributed by atoms with E-state index in [9.17, 15) is 4.79 Å². The molecule has 4 nitrogen and oxygen atoms in total. The van der Waals surface area contributed by atoms with Crippen molar-refractivity contribution in [2.24, 2.45) is 11.7 Å². The Morgan fingerprint density at radius 1 is 1.44 bits per heavy atom. The monoisotopic (exact) mass is 256 g/mol. The summed E-state index contributed by atoms with van der Waals surface area (Å²) >= 11 is 0. The summed E-state index contributed by atoms with van der Waals surface area (Å²) in [5.41, 5.74) is 5.14. The van der Waals surface area contributed by atoms with Gasteiger partial charge in [0.15, 0.2) is 0 Å². The quantitative estimate of drug-likeness (QED) is 0.762. The molecule has 106 valence electrons. The third kappa shape index (κ3) is 4.58. The zero-order valence-electron chi connectivity index (χ0n) is 12.1. The predicted octanol–water partition coefficient (Wildman–Crippen LogP) is 1.78. The maximum Gasteiger partial charge on any atom is 0.326 e. The summed E-state index contributed by atoms with van der Waals surface area (Å²) in [7, 11) is 1.40. The van der Waals surface area contributed by atoms with Crippen LogP contribution in [0.1, 0.15) is 46.0 Å². The minimum Gasteiger partial charge on any atom is -0.468 e. The molecule has 1 fully saturated rings. The van der Waals surface area contributed by atoms with E-state index in [0.717, 1.165) is 19.0 Å². The number of esters is 1. The number of hydrogen-bond donors (Lipinski definition) is 1. The largest absolute Gasteiger partial charge is 0.468 e. The summed E-state index contributed by atoms with van der Waals surface area (Å²) in [4.78, 5) is 13.9. The van der Waals surface area contributed by atoms with Crippen LogP contribution in [0.3, 0.4) is 0 Å². The third-order valence-corrected chi connectivity index (χ3v) is 3.84. The van der Waals surface area contributed by atoms with Crippen molar-refractivity contribution in [1.82, 2.24) is 4.90 Å². The highest BCUT2D eigenvalue weighted by Gasteiger charge is 2.32. The molecule has 0 aromatic carbocycles. The topological polar surface area (TPSA) is 55.6 Å². The fourth-order valence-corrected chi connectivity index (χ4v) is 2.84. The van der Waals surface area contributed by atoms with Gasteiger partial charge in [0.2, 0.25) is 0 Å². The molecule has 4 heteroatoms. The molecule has 1 aliphatic heterocycles. The average Bonchev–Trinajstić information content (AvgIpc) is 2.54. The smallest absolute Gasteiger partial charge is 0.326 e. The van der Waals surface area contributed by atoms with Crippen LogP contribution in [-0.4, -0.2) is 43.2 Å². The molecule has 1 saturated heterocycles. The highest BCUT2D eigenvalue weighted by atomic mass is 16.5. The second-order valence-corrected chi connectivity index (χ2v) is 5.77. The van der Waals surface area contributed by atoms with Crippen molar-refractivity contribution in [3.8, 4) is 0 Å². The van der Waals surface area contributed by atoms with Crippen LogP contribution in [0.25, 0.3) is 0 Å². The van der Waals surface area contributed by atoms with Gasteiger partial charge in [-0.25, -0.2) is 0 Å². The van der Waals surface area contributed by atoms with Crippen LogP contribution in [0.5, 0.6) is 0 Å². The van der Waals surface area contributed by atoms with Crippen LogP contribution < -0.4 is 5.73 Å². The van der Waals surface area contributed by atoms with Crippen molar-refractivity contribution in [3.05, 3.63) is 0 Å². The van der Waals surface area contributed by atoms with Gasteiger partial charge in [-0.3, -0.25) is 4.79 Å². The van der Waals surface area contributed by atoms with Crippen molar-refractivity contribution in [1.29, 1.82) is 0 Å². The van der Waals surface area contributed by atoms with E-state index in [0.29, 0.717) is 6.54 Å². The van der Waals surface area contributed by atoms with Crippen molar-refractivity contribution < 1.29 is 9.53 Å². The SMILES string of the molecule is CCCC1CCCN(CC(C)(N)C(=O)OC)CC1. The molecule has 0 aromatic heterocycles. The van der Waals surface area contributed by atoms with E-state index in [-0.39, 0.29) is 5.97 Å². The fraction of sp³-hybridized carbons (Fsp3) is 0.929. The number of carbonyl (C=O) groups excluding carboxylic acids is 1. The zero-order valence-corrected chi connectivity index (χ0v) is 12.1. The van der Waals surface area contributed by atoms with Crippen LogP contribution in [0.2, 0.25) is 0 Å². The molecule has 0 bridgehead atoms. The predicted molar refractivity (Wildman–Crippen MR) is 73.3 cm³/mol. The Balaban J connectivity index is 2.46. The van der Waals surface area contributed by atoms with Gasteiger partial charge in [-0.2, -0.15) is 0 Å². The Morgan fingerprint density at radius 2 is 2.17 bits per heavy atom. The molecule has 2 atom stereocenters. The van der Waals surface area contributed by atoms with Crippen molar-refractivity contribution in [3.63, 3.8) is 0 Å². The molecule has 1 aliphatic rings. The number of nitrogens with zero attached hydrogens (tertiary/aromatic N) is 1. The van der Waals surface area contributed by atoms with Crippen molar-refractivity contribution in [2.75, 3.05) is 26.7 Å². The summed E-state index contributed by atoms with van der Waals surface area (Å²) in [5, 5.41) is 0. The minimum atomic E-state index is -0.890. The van der Waals surface area contributed by atoms with E-state index in [2.05, 4.69) is 11.8 Å². The first-order chi connectivity index (χ1) is 8.49. The van der Waals surface area contributed by atoms with Gasteiger partial charge in [0.05, 0.1) is 7.11 Å². The molecule has 0 amide bonds. The zero-order chi connectivity index (χ0) is 13.6. The average molecular weight is 256 g/mol. The third-order valence-electron chi connectivity index (χ3n) is 3.84. The maximum atomic E-state index is 11.6. The molecule has 2 unspecified atom stereocenters. The number of ether oxygens (including phenoxy) is 1. The Bertz CT molecular complexity index is 267. The van der Waals surface area contributed by atoms with Crippen LogP contribution in [-0.2, 0) is 9.53 Å². The molecule has 0 saturated carbocycles. The van der Waals surface area contributed by atoms with Crippen LogP contribution >= 0.6 is 0 Å². The lowest BCUT2D eigenvalue weighted by Crippen LogP contribution is -2.54. The van der Waals surface area contributed by atoms with Crippen LogP contribution in [0.4, 0.5) is 0 Å². The Morgan fingerprint density at radius 3 is 2.78 bits per heavy atom. The van der Waals surface area contributed by atoms with Gasteiger partial charge in [0.25, 0.3) is 0 Å². The molecule has 0 aliphatic carbocycles. The molecular formula is C14H28N2O2. The summed E-state index contributed by atoms with van der Waals surface area (Å²) < 4.78 is 4.76. The van der Waals surface area contributed by atoms with E-state index in [1.54, 1.807) is 6.92 Å². The molecule has 0 spiro atoms. The first-order valence-electron chi connectivity index (χ1n) is 7.09. The fourth-order valence-electron chi connectivity index (χ4n) is 2.84.